The Bertz CT molecular complexity index is 1630. The zero-order valence-electron chi connectivity index (χ0n) is 25.4. The first-order chi connectivity index (χ1) is 20.6. The van der Waals surface area contributed by atoms with Crippen molar-refractivity contribution in [2.24, 2.45) is 11.3 Å². The SMILES string of the molecule is COc1cc(C(=O)C(C)C)ccc1NC(=O)C1N[C@@H](CC(C)(C)C)[C@](C#N)(c2ccc(Cl)cc2F)C1c1cccc(Cl)c1F. The summed E-state index contributed by atoms with van der Waals surface area (Å²) in [6.45, 7) is 9.45. The van der Waals surface area contributed by atoms with Crippen molar-refractivity contribution in [1.82, 2.24) is 5.32 Å². The third-order valence-corrected chi connectivity index (χ3v) is 8.53. The van der Waals surface area contributed by atoms with E-state index in [1.54, 1.807) is 32.0 Å². The number of anilines is 1. The Kier molecular flexibility index (Phi) is 9.75. The molecule has 1 saturated heterocycles. The van der Waals surface area contributed by atoms with Crippen molar-refractivity contribution in [3.63, 3.8) is 0 Å². The topological polar surface area (TPSA) is 91.2 Å². The Morgan fingerprint density at radius 1 is 1.11 bits per heavy atom. The summed E-state index contributed by atoms with van der Waals surface area (Å²) in [6.07, 6.45) is 0.334. The molecular formula is C34H35Cl2F2N3O3. The number of Topliss-reactive ketones (excluding diaryl/α,β-unsaturated/α-hetero) is 1. The summed E-state index contributed by atoms with van der Waals surface area (Å²) >= 11 is 12.3. The van der Waals surface area contributed by atoms with Gasteiger partial charge in [0.15, 0.2) is 5.78 Å². The van der Waals surface area contributed by atoms with Crippen LogP contribution in [0.2, 0.25) is 10.0 Å². The van der Waals surface area contributed by atoms with E-state index in [-0.39, 0.29) is 49.7 Å². The number of carbonyl (C=O) groups excluding carboxylic acids is 2. The zero-order chi connectivity index (χ0) is 32.6. The highest BCUT2D eigenvalue weighted by atomic mass is 35.5. The van der Waals surface area contributed by atoms with Crippen molar-refractivity contribution < 1.29 is 23.1 Å². The molecule has 232 valence electrons. The minimum absolute atomic E-state index is 0.0118. The number of nitrogens with zero attached hydrogens (tertiary/aromatic N) is 1. The Morgan fingerprint density at radius 2 is 1.82 bits per heavy atom. The van der Waals surface area contributed by atoms with E-state index in [1.165, 1.54) is 37.4 Å². The van der Waals surface area contributed by atoms with Crippen molar-refractivity contribution in [3.05, 3.63) is 93.0 Å². The predicted molar refractivity (Wildman–Crippen MR) is 168 cm³/mol. The number of methoxy groups -OCH3 is 1. The minimum Gasteiger partial charge on any atom is -0.495 e. The Balaban J connectivity index is 1.92. The number of halogens is 4. The Hall–Kier alpha value is -3.51. The lowest BCUT2D eigenvalue weighted by molar-refractivity contribution is -0.118. The van der Waals surface area contributed by atoms with Gasteiger partial charge in [0, 0.05) is 34.0 Å². The highest BCUT2D eigenvalue weighted by Crippen LogP contribution is 2.53. The lowest BCUT2D eigenvalue weighted by Gasteiger charge is -2.37. The van der Waals surface area contributed by atoms with Gasteiger partial charge in [-0.05, 0) is 53.8 Å². The quantitative estimate of drug-likeness (QED) is 0.243. The molecule has 0 bridgehead atoms. The van der Waals surface area contributed by atoms with E-state index >= 15 is 8.78 Å². The molecule has 44 heavy (non-hydrogen) atoms. The lowest BCUT2D eigenvalue weighted by atomic mass is 9.62. The van der Waals surface area contributed by atoms with Gasteiger partial charge in [0.2, 0.25) is 5.91 Å². The summed E-state index contributed by atoms with van der Waals surface area (Å²) in [5.74, 6) is -3.48. The van der Waals surface area contributed by atoms with Gasteiger partial charge in [-0.15, -0.1) is 0 Å². The maximum atomic E-state index is 15.9. The molecule has 2 unspecified atom stereocenters. The second-order valence-electron chi connectivity index (χ2n) is 12.6. The molecule has 1 amide bonds. The van der Waals surface area contributed by atoms with E-state index in [0.29, 0.717) is 12.0 Å². The van der Waals surface area contributed by atoms with Gasteiger partial charge in [-0.1, -0.05) is 76.0 Å². The summed E-state index contributed by atoms with van der Waals surface area (Å²) < 4.78 is 37.2. The number of nitrogens with one attached hydrogen (secondary N) is 2. The van der Waals surface area contributed by atoms with Crippen molar-refractivity contribution in [2.75, 3.05) is 12.4 Å². The van der Waals surface area contributed by atoms with Crippen LogP contribution >= 0.6 is 23.2 Å². The van der Waals surface area contributed by atoms with Crippen LogP contribution in [0.1, 0.15) is 68.4 Å². The fraction of sp³-hybridized carbons (Fsp3) is 0.382. The molecule has 6 nitrogen and oxygen atoms in total. The Morgan fingerprint density at radius 3 is 2.41 bits per heavy atom. The molecule has 0 radical (unpaired) electrons. The van der Waals surface area contributed by atoms with Crippen molar-refractivity contribution in [3.8, 4) is 11.8 Å². The first-order valence-electron chi connectivity index (χ1n) is 14.2. The number of ether oxygens (including phenoxy) is 1. The molecule has 10 heteroatoms. The van der Waals surface area contributed by atoms with Crippen LogP contribution in [0.15, 0.2) is 54.6 Å². The number of amides is 1. The van der Waals surface area contributed by atoms with Crippen molar-refractivity contribution in [1.29, 1.82) is 5.26 Å². The normalized spacial score (nSPS) is 21.6. The van der Waals surface area contributed by atoms with Gasteiger partial charge in [0.25, 0.3) is 0 Å². The van der Waals surface area contributed by atoms with Gasteiger partial charge in [-0.3, -0.25) is 9.59 Å². The van der Waals surface area contributed by atoms with Gasteiger partial charge in [-0.25, -0.2) is 8.78 Å². The van der Waals surface area contributed by atoms with Gasteiger partial charge in [-0.2, -0.15) is 5.26 Å². The van der Waals surface area contributed by atoms with Crippen LogP contribution in [0.3, 0.4) is 0 Å². The molecule has 3 aromatic rings. The summed E-state index contributed by atoms with van der Waals surface area (Å²) in [6, 6.07) is 13.3. The van der Waals surface area contributed by atoms with E-state index in [9.17, 15) is 14.9 Å². The van der Waals surface area contributed by atoms with Crippen LogP contribution in [0.4, 0.5) is 14.5 Å². The fourth-order valence-electron chi connectivity index (χ4n) is 6.05. The number of nitriles is 1. The third kappa shape index (κ3) is 6.32. The van der Waals surface area contributed by atoms with E-state index < -0.39 is 41.0 Å². The smallest absolute Gasteiger partial charge is 0.242 e. The number of benzene rings is 3. The minimum atomic E-state index is -1.76. The molecule has 1 fully saturated rings. The molecule has 4 atom stereocenters. The number of ketones is 1. The van der Waals surface area contributed by atoms with Crippen molar-refractivity contribution in [2.45, 2.75) is 64.5 Å². The number of rotatable bonds is 8. The summed E-state index contributed by atoms with van der Waals surface area (Å²) in [7, 11) is 1.41. The largest absolute Gasteiger partial charge is 0.495 e. The maximum absolute atomic E-state index is 15.9. The fourth-order valence-corrected chi connectivity index (χ4v) is 6.39. The first-order valence-corrected chi connectivity index (χ1v) is 15.0. The van der Waals surface area contributed by atoms with E-state index in [4.69, 9.17) is 27.9 Å². The number of carbonyl (C=O) groups is 2. The van der Waals surface area contributed by atoms with Gasteiger partial charge in [0.05, 0.1) is 29.9 Å². The molecule has 2 N–H and O–H groups in total. The number of hydrogen-bond acceptors (Lipinski definition) is 5. The van der Waals surface area contributed by atoms with E-state index in [0.717, 1.165) is 6.07 Å². The maximum Gasteiger partial charge on any atom is 0.242 e. The number of hydrogen-bond donors (Lipinski definition) is 2. The van der Waals surface area contributed by atoms with Crippen molar-refractivity contribution >= 4 is 40.6 Å². The van der Waals surface area contributed by atoms with Crippen LogP contribution < -0.4 is 15.4 Å². The first kappa shape index (κ1) is 33.4. The second-order valence-corrected chi connectivity index (χ2v) is 13.5. The average molecular weight is 643 g/mol. The molecule has 0 saturated carbocycles. The molecular weight excluding hydrogens is 607 g/mol. The van der Waals surface area contributed by atoms with E-state index in [1.807, 2.05) is 20.8 Å². The lowest BCUT2D eigenvalue weighted by Crippen LogP contribution is -2.45. The second kappa shape index (κ2) is 12.8. The van der Waals surface area contributed by atoms with Gasteiger partial charge in [0.1, 0.15) is 22.8 Å². The molecule has 3 aromatic carbocycles. The standard InChI is InChI=1S/C34H35Cl2F2N3O3/c1-18(2)31(42)19-10-13-25(26(14-19)44-6)40-32(43)30-28(21-8-7-9-23(36)29(21)38)34(17-39,27(41-30)16-33(3,4)5)22-12-11-20(35)15-24(22)37/h7-15,18,27-28,30,41H,16H2,1-6H3,(H,40,43)/t27-,28?,30?,34-/m0/s1. The average Bonchev–Trinajstić information content (AvgIpc) is 3.27. The molecule has 0 aliphatic carbocycles. The molecule has 1 aliphatic rings. The van der Waals surface area contributed by atoms with Crippen LogP contribution in [0.5, 0.6) is 5.75 Å². The molecule has 1 heterocycles. The van der Waals surface area contributed by atoms with Crippen LogP contribution in [-0.4, -0.2) is 30.9 Å². The van der Waals surface area contributed by atoms with Crippen LogP contribution in [0.25, 0.3) is 0 Å². The summed E-state index contributed by atoms with van der Waals surface area (Å²) in [4.78, 5) is 26.8. The highest BCUT2D eigenvalue weighted by molar-refractivity contribution is 6.31. The summed E-state index contributed by atoms with van der Waals surface area (Å²) in [5.41, 5.74) is -1.48. The van der Waals surface area contributed by atoms with Gasteiger partial charge < -0.3 is 15.4 Å². The highest BCUT2D eigenvalue weighted by Gasteiger charge is 2.61. The van der Waals surface area contributed by atoms with E-state index in [2.05, 4.69) is 16.7 Å². The zero-order valence-corrected chi connectivity index (χ0v) is 26.9. The molecule has 4 rings (SSSR count). The summed E-state index contributed by atoms with van der Waals surface area (Å²) in [5, 5.41) is 17.0. The third-order valence-electron chi connectivity index (χ3n) is 8.00. The van der Waals surface area contributed by atoms with Crippen LogP contribution in [0, 0.1) is 34.3 Å². The molecule has 0 aromatic heterocycles. The van der Waals surface area contributed by atoms with Gasteiger partial charge >= 0.3 is 0 Å². The molecule has 1 aliphatic heterocycles. The molecule has 0 spiro atoms. The predicted octanol–water partition coefficient (Wildman–Crippen LogP) is 8.08. The van der Waals surface area contributed by atoms with Crippen LogP contribution in [-0.2, 0) is 10.2 Å². The Labute approximate surface area is 266 Å². The monoisotopic (exact) mass is 641 g/mol.